The molecule has 2 N–H and O–H groups in total. The minimum Gasteiger partial charge on any atom is -0.379 e. The van der Waals surface area contributed by atoms with Crippen LogP contribution in [0.25, 0.3) is 0 Å². The number of morpholine rings is 1. The molecule has 0 amide bonds. The number of aryl methyl sites for hydroxylation is 1. The number of aromatic nitrogens is 3. The maximum atomic E-state index is 5.43. The lowest BCUT2D eigenvalue weighted by Gasteiger charge is -2.30. The predicted octanol–water partition coefficient (Wildman–Crippen LogP) is 1.000. The molecule has 0 radical (unpaired) electrons. The van der Waals surface area contributed by atoms with Crippen molar-refractivity contribution in [1.29, 1.82) is 0 Å². The molecule has 1 fully saturated rings. The van der Waals surface area contributed by atoms with Gasteiger partial charge in [-0.2, -0.15) is 0 Å². The molecule has 1 aromatic rings. The summed E-state index contributed by atoms with van der Waals surface area (Å²) in [5.74, 6) is 2.61. The summed E-state index contributed by atoms with van der Waals surface area (Å²) in [5, 5.41) is 15.3. The molecule has 1 aromatic heterocycles. The Hall–Kier alpha value is -1.71. The van der Waals surface area contributed by atoms with Crippen molar-refractivity contribution >= 4 is 5.96 Å². The van der Waals surface area contributed by atoms with Gasteiger partial charge in [-0.1, -0.05) is 0 Å². The highest BCUT2D eigenvalue weighted by Gasteiger charge is 2.13. The molecular formula is C21H42N8O. The average Bonchev–Trinajstić information content (AvgIpc) is 3.03. The predicted molar refractivity (Wildman–Crippen MR) is 122 cm³/mol. The highest BCUT2D eigenvalue weighted by molar-refractivity contribution is 5.79. The SMILES string of the molecule is Cc1nnc(CN=C(NCCCN(C(C)C)C(C)C)NCCN2CCOCC2)n1C. The average molecular weight is 423 g/mol. The number of nitrogens with one attached hydrogen (secondary N) is 2. The van der Waals surface area contributed by atoms with Crippen molar-refractivity contribution < 1.29 is 4.74 Å². The summed E-state index contributed by atoms with van der Waals surface area (Å²) in [6.45, 7) is 19.0. The Morgan fingerprint density at radius 2 is 1.77 bits per heavy atom. The van der Waals surface area contributed by atoms with Crippen LogP contribution in [0.5, 0.6) is 0 Å². The molecule has 0 aromatic carbocycles. The minimum atomic E-state index is 0.508. The molecular weight excluding hydrogens is 380 g/mol. The number of ether oxygens (including phenoxy) is 1. The minimum absolute atomic E-state index is 0.508. The molecule has 0 unspecified atom stereocenters. The summed E-state index contributed by atoms with van der Waals surface area (Å²) in [6, 6.07) is 1.12. The monoisotopic (exact) mass is 422 g/mol. The zero-order valence-electron chi connectivity index (χ0n) is 19.8. The Morgan fingerprint density at radius 1 is 1.10 bits per heavy atom. The molecule has 1 saturated heterocycles. The Labute approximate surface area is 182 Å². The number of rotatable bonds is 11. The second kappa shape index (κ2) is 12.9. The third kappa shape index (κ3) is 8.20. The van der Waals surface area contributed by atoms with Gasteiger partial charge in [0.25, 0.3) is 0 Å². The van der Waals surface area contributed by atoms with Gasteiger partial charge in [-0.3, -0.25) is 9.80 Å². The second-order valence-corrected chi connectivity index (χ2v) is 8.47. The fourth-order valence-electron chi connectivity index (χ4n) is 3.65. The van der Waals surface area contributed by atoms with Crippen molar-refractivity contribution in [2.24, 2.45) is 12.0 Å². The summed E-state index contributed by atoms with van der Waals surface area (Å²) in [7, 11) is 1.98. The Morgan fingerprint density at radius 3 is 2.37 bits per heavy atom. The van der Waals surface area contributed by atoms with Gasteiger partial charge in [0.15, 0.2) is 11.8 Å². The van der Waals surface area contributed by atoms with Crippen molar-refractivity contribution in [2.45, 2.75) is 59.7 Å². The molecule has 2 heterocycles. The fraction of sp³-hybridized carbons (Fsp3) is 0.857. The lowest BCUT2D eigenvalue weighted by Crippen LogP contribution is -2.45. The zero-order valence-corrected chi connectivity index (χ0v) is 19.8. The highest BCUT2D eigenvalue weighted by Crippen LogP contribution is 2.05. The van der Waals surface area contributed by atoms with Gasteiger partial charge in [-0.05, 0) is 41.0 Å². The number of hydrogen-bond donors (Lipinski definition) is 2. The number of guanidine groups is 1. The number of hydrogen-bond acceptors (Lipinski definition) is 6. The number of aliphatic imine (C=N–C) groups is 1. The lowest BCUT2D eigenvalue weighted by atomic mass is 10.2. The van der Waals surface area contributed by atoms with Gasteiger partial charge >= 0.3 is 0 Å². The Balaban J connectivity index is 1.85. The molecule has 9 nitrogen and oxygen atoms in total. The molecule has 0 spiro atoms. The van der Waals surface area contributed by atoms with Crippen molar-refractivity contribution in [3.05, 3.63) is 11.6 Å². The zero-order chi connectivity index (χ0) is 21.9. The van der Waals surface area contributed by atoms with E-state index in [2.05, 4.69) is 58.3 Å². The molecule has 1 aliphatic heterocycles. The third-order valence-corrected chi connectivity index (χ3v) is 5.60. The quantitative estimate of drug-likeness (QED) is 0.313. The van der Waals surface area contributed by atoms with E-state index >= 15 is 0 Å². The van der Waals surface area contributed by atoms with Crippen molar-refractivity contribution in [1.82, 2.24) is 35.2 Å². The van der Waals surface area contributed by atoms with E-state index in [1.54, 1.807) is 0 Å². The Kier molecular flexibility index (Phi) is 10.5. The van der Waals surface area contributed by atoms with Gasteiger partial charge in [0.1, 0.15) is 12.4 Å². The first-order chi connectivity index (χ1) is 14.4. The van der Waals surface area contributed by atoms with Gasteiger partial charge < -0.3 is 19.9 Å². The summed E-state index contributed by atoms with van der Waals surface area (Å²) in [6.07, 6.45) is 1.07. The summed E-state index contributed by atoms with van der Waals surface area (Å²) < 4.78 is 7.41. The first-order valence-electron chi connectivity index (χ1n) is 11.3. The van der Waals surface area contributed by atoms with Gasteiger partial charge in [0.05, 0.1) is 13.2 Å². The van der Waals surface area contributed by atoms with Gasteiger partial charge in [-0.25, -0.2) is 4.99 Å². The normalized spacial score (nSPS) is 16.1. The second-order valence-electron chi connectivity index (χ2n) is 8.47. The standard InChI is InChI=1S/C21H42N8O/c1-17(2)29(18(3)4)10-7-8-22-21(23-9-11-28-12-14-30-15-13-28)24-16-20-26-25-19(5)27(20)6/h17-18H,7-16H2,1-6H3,(H2,22,23,24). The molecule has 9 heteroatoms. The van der Waals surface area contributed by atoms with Crippen molar-refractivity contribution in [3.8, 4) is 0 Å². The van der Waals surface area contributed by atoms with Crippen LogP contribution in [0.2, 0.25) is 0 Å². The largest absolute Gasteiger partial charge is 0.379 e. The van der Waals surface area contributed by atoms with Crippen LogP contribution >= 0.6 is 0 Å². The molecule has 0 bridgehead atoms. The maximum Gasteiger partial charge on any atom is 0.191 e. The molecule has 172 valence electrons. The molecule has 0 atom stereocenters. The molecule has 2 rings (SSSR count). The smallest absolute Gasteiger partial charge is 0.191 e. The van der Waals surface area contributed by atoms with Crippen LogP contribution in [0.1, 0.15) is 45.8 Å². The van der Waals surface area contributed by atoms with E-state index in [1.807, 2.05) is 18.5 Å². The third-order valence-electron chi connectivity index (χ3n) is 5.60. The van der Waals surface area contributed by atoms with E-state index in [4.69, 9.17) is 9.73 Å². The van der Waals surface area contributed by atoms with Crippen LogP contribution in [-0.4, -0.2) is 95.1 Å². The van der Waals surface area contributed by atoms with Crippen molar-refractivity contribution in [3.63, 3.8) is 0 Å². The summed E-state index contributed by atoms with van der Waals surface area (Å²) in [5.41, 5.74) is 0. The maximum absolute atomic E-state index is 5.43. The van der Waals surface area contributed by atoms with Gasteiger partial charge in [0.2, 0.25) is 0 Å². The summed E-state index contributed by atoms with van der Waals surface area (Å²) in [4.78, 5) is 9.69. The van der Waals surface area contributed by atoms with Crippen LogP contribution in [0, 0.1) is 6.92 Å². The van der Waals surface area contributed by atoms with E-state index in [9.17, 15) is 0 Å². The van der Waals surface area contributed by atoms with Crippen LogP contribution in [0.3, 0.4) is 0 Å². The molecule has 0 saturated carbocycles. The van der Waals surface area contributed by atoms with Crippen molar-refractivity contribution in [2.75, 3.05) is 52.5 Å². The molecule has 0 aliphatic carbocycles. The van der Waals surface area contributed by atoms with Gasteiger partial charge in [-0.15, -0.1) is 10.2 Å². The summed E-state index contributed by atoms with van der Waals surface area (Å²) >= 11 is 0. The highest BCUT2D eigenvalue weighted by atomic mass is 16.5. The van der Waals surface area contributed by atoms with E-state index in [0.717, 1.165) is 76.5 Å². The first-order valence-corrected chi connectivity index (χ1v) is 11.3. The first kappa shape index (κ1) is 24.6. The van der Waals surface area contributed by atoms with E-state index in [-0.39, 0.29) is 0 Å². The topological polar surface area (TPSA) is 82.8 Å². The number of nitrogens with zero attached hydrogens (tertiary/aromatic N) is 6. The van der Waals surface area contributed by atoms with Crippen LogP contribution in [-0.2, 0) is 18.3 Å². The van der Waals surface area contributed by atoms with Crippen LogP contribution in [0.15, 0.2) is 4.99 Å². The van der Waals surface area contributed by atoms with E-state index in [1.165, 1.54) is 0 Å². The van der Waals surface area contributed by atoms with E-state index in [0.29, 0.717) is 18.6 Å². The van der Waals surface area contributed by atoms with E-state index < -0.39 is 0 Å². The molecule has 1 aliphatic rings. The van der Waals surface area contributed by atoms with Gasteiger partial charge in [0, 0.05) is 58.4 Å². The van der Waals surface area contributed by atoms with Crippen LogP contribution < -0.4 is 10.6 Å². The fourth-order valence-corrected chi connectivity index (χ4v) is 3.65. The molecule has 30 heavy (non-hydrogen) atoms. The Bertz CT molecular complexity index is 629. The van der Waals surface area contributed by atoms with Crippen LogP contribution in [0.4, 0.5) is 0 Å². The lowest BCUT2D eigenvalue weighted by molar-refractivity contribution is 0.0389.